The van der Waals surface area contributed by atoms with E-state index in [1.54, 1.807) is 0 Å². The summed E-state index contributed by atoms with van der Waals surface area (Å²) in [6, 6.07) is -0.144. The van der Waals surface area contributed by atoms with Gasteiger partial charge in [0.25, 0.3) is 0 Å². The Bertz CT molecular complexity index is 274. The standard InChI is InChI=1S/C15H30ClNO4/c16-15(21,10-11-18)12-13(17)8-6-4-2-1-3-5-7-9-14(19)20/h13,18,21H,1-12,17H2,(H,19,20). The van der Waals surface area contributed by atoms with Crippen LogP contribution >= 0.6 is 11.6 Å². The quantitative estimate of drug-likeness (QED) is 0.290. The molecule has 0 aliphatic carbocycles. The summed E-state index contributed by atoms with van der Waals surface area (Å²) in [5.74, 6) is -0.718. The minimum atomic E-state index is -1.39. The molecule has 6 heteroatoms. The number of hydrogen-bond acceptors (Lipinski definition) is 4. The molecule has 2 atom stereocenters. The van der Waals surface area contributed by atoms with Gasteiger partial charge in [-0.05, 0) is 12.8 Å². The number of unbranched alkanes of at least 4 members (excludes halogenated alkanes) is 6. The van der Waals surface area contributed by atoms with E-state index in [-0.39, 0.29) is 25.5 Å². The van der Waals surface area contributed by atoms with Crippen LogP contribution < -0.4 is 5.73 Å². The van der Waals surface area contributed by atoms with Crippen molar-refractivity contribution in [2.24, 2.45) is 5.73 Å². The lowest BCUT2D eigenvalue weighted by Gasteiger charge is -2.23. The number of aliphatic hydroxyl groups excluding tert-OH is 1. The maximum absolute atomic E-state index is 10.3. The first-order valence-electron chi connectivity index (χ1n) is 7.87. The number of hydrogen-bond donors (Lipinski definition) is 4. The minimum absolute atomic E-state index is 0.137. The van der Waals surface area contributed by atoms with Gasteiger partial charge >= 0.3 is 5.97 Å². The third-order valence-electron chi connectivity index (χ3n) is 3.54. The van der Waals surface area contributed by atoms with Crippen LogP contribution in [0, 0.1) is 0 Å². The van der Waals surface area contributed by atoms with Gasteiger partial charge in [-0.2, -0.15) is 0 Å². The zero-order valence-electron chi connectivity index (χ0n) is 12.8. The molecule has 0 aliphatic rings. The Labute approximate surface area is 132 Å². The van der Waals surface area contributed by atoms with Crippen LogP contribution in [0.15, 0.2) is 0 Å². The molecule has 2 unspecified atom stereocenters. The molecular formula is C15H30ClNO4. The fourth-order valence-electron chi connectivity index (χ4n) is 2.34. The van der Waals surface area contributed by atoms with Crippen LogP contribution in [0.25, 0.3) is 0 Å². The second-order valence-corrected chi connectivity index (χ2v) is 6.47. The lowest BCUT2D eigenvalue weighted by Crippen LogP contribution is -2.33. The van der Waals surface area contributed by atoms with Gasteiger partial charge in [0.2, 0.25) is 0 Å². The van der Waals surface area contributed by atoms with Crippen LogP contribution in [0.3, 0.4) is 0 Å². The lowest BCUT2D eigenvalue weighted by molar-refractivity contribution is -0.137. The third kappa shape index (κ3) is 14.3. The molecule has 0 bridgehead atoms. The van der Waals surface area contributed by atoms with Crippen LogP contribution in [-0.4, -0.2) is 39.0 Å². The third-order valence-corrected chi connectivity index (χ3v) is 3.88. The summed E-state index contributed by atoms with van der Waals surface area (Å²) in [5, 5.41) is 25.6. The van der Waals surface area contributed by atoms with E-state index in [0.717, 1.165) is 51.4 Å². The maximum atomic E-state index is 10.3. The molecule has 0 radical (unpaired) electrons. The van der Waals surface area contributed by atoms with Crippen molar-refractivity contribution in [3.63, 3.8) is 0 Å². The molecule has 21 heavy (non-hydrogen) atoms. The molecule has 0 heterocycles. The van der Waals surface area contributed by atoms with Gasteiger partial charge in [-0.1, -0.05) is 50.1 Å². The van der Waals surface area contributed by atoms with Gasteiger partial charge in [-0.25, -0.2) is 0 Å². The van der Waals surface area contributed by atoms with Crippen molar-refractivity contribution in [1.29, 1.82) is 0 Å². The summed E-state index contributed by atoms with van der Waals surface area (Å²) in [7, 11) is 0. The summed E-state index contributed by atoms with van der Waals surface area (Å²) >= 11 is 5.84. The van der Waals surface area contributed by atoms with Crippen molar-refractivity contribution < 1.29 is 20.1 Å². The van der Waals surface area contributed by atoms with Crippen molar-refractivity contribution in [3.8, 4) is 0 Å². The molecule has 0 amide bonds. The summed E-state index contributed by atoms with van der Waals surface area (Å²) in [6.07, 6.45) is 8.69. The van der Waals surface area contributed by atoms with E-state index in [1.165, 1.54) is 0 Å². The van der Waals surface area contributed by atoms with E-state index in [0.29, 0.717) is 6.42 Å². The fraction of sp³-hybridized carbons (Fsp3) is 0.933. The fourth-order valence-corrected chi connectivity index (χ4v) is 2.63. The van der Waals surface area contributed by atoms with Crippen LogP contribution in [0.4, 0.5) is 0 Å². The predicted molar refractivity (Wildman–Crippen MR) is 84.3 cm³/mol. The highest BCUT2D eigenvalue weighted by Gasteiger charge is 2.25. The normalized spacial score (nSPS) is 15.6. The molecule has 0 saturated heterocycles. The Morgan fingerprint density at radius 3 is 2.14 bits per heavy atom. The highest BCUT2D eigenvalue weighted by molar-refractivity contribution is 6.22. The summed E-state index contributed by atoms with van der Waals surface area (Å²) in [4.78, 5) is 10.3. The first-order valence-corrected chi connectivity index (χ1v) is 8.25. The largest absolute Gasteiger partial charge is 0.481 e. The van der Waals surface area contributed by atoms with Gasteiger partial charge in [0.1, 0.15) is 5.06 Å². The highest BCUT2D eigenvalue weighted by Crippen LogP contribution is 2.23. The number of carboxylic acids is 1. The molecule has 126 valence electrons. The van der Waals surface area contributed by atoms with Gasteiger partial charge < -0.3 is 21.1 Å². The number of halogens is 1. The molecule has 0 saturated carbocycles. The molecule has 5 nitrogen and oxygen atoms in total. The minimum Gasteiger partial charge on any atom is -0.481 e. The number of aliphatic carboxylic acids is 1. The van der Waals surface area contributed by atoms with Crippen LogP contribution in [-0.2, 0) is 4.79 Å². The Morgan fingerprint density at radius 1 is 1.10 bits per heavy atom. The van der Waals surface area contributed by atoms with Gasteiger partial charge in [0.05, 0.1) is 0 Å². The number of nitrogens with two attached hydrogens (primary N) is 1. The molecule has 0 aromatic rings. The summed E-state index contributed by atoms with van der Waals surface area (Å²) in [5.41, 5.74) is 5.92. The average Bonchev–Trinajstić information content (AvgIpc) is 2.35. The number of alkyl halides is 1. The monoisotopic (exact) mass is 323 g/mol. The number of rotatable bonds is 14. The molecule has 0 aromatic heterocycles. The van der Waals surface area contributed by atoms with Crippen molar-refractivity contribution >= 4 is 17.6 Å². The number of aliphatic hydroxyl groups is 2. The highest BCUT2D eigenvalue weighted by atomic mass is 35.5. The van der Waals surface area contributed by atoms with Crippen molar-refractivity contribution in [3.05, 3.63) is 0 Å². The zero-order chi connectivity index (χ0) is 16.1. The second-order valence-electron chi connectivity index (χ2n) is 5.76. The summed E-state index contributed by atoms with van der Waals surface area (Å²) in [6.45, 7) is -0.144. The van der Waals surface area contributed by atoms with Gasteiger partial charge in [-0.3, -0.25) is 4.79 Å². The molecule has 0 aromatic carbocycles. The van der Waals surface area contributed by atoms with E-state index >= 15 is 0 Å². The van der Waals surface area contributed by atoms with E-state index in [9.17, 15) is 9.90 Å². The Balaban J connectivity index is 3.40. The Hall–Kier alpha value is -0.360. The molecule has 0 spiro atoms. The van der Waals surface area contributed by atoms with Crippen LogP contribution in [0.2, 0.25) is 0 Å². The van der Waals surface area contributed by atoms with Crippen molar-refractivity contribution in [1.82, 2.24) is 0 Å². The van der Waals surface area contributed by atoms with Crippen LogP contribution in [0.5, 0.6) is 0 Å². The van der Waals surface area contributed by atoms with E-state index in [2.05, 4.69) is 0 Å². The predicted octanol–water partition coefficient (Wildman–Crippen LogP) is 2.61. The first kappa shape index (κ1) is 20.6. The second kappa shape index (κ2) is 12.2. The molecule has 0 aliphatic heterocycles. The number of carbonyl (C=O) groups is 1. The van der Waals surface area contributed by atoms with Gasteiger partial charge in [0, 0.05) is 31.9 Å². The first-order chi connectivity index (χ1) is 9.87. The molecular weight excluding hydrogens is 294 g/mol. The van der Waals surface area contributed by atoms with E-state index in [1.807, 2.05) is 0 Å². The number of carboxylic acid groups (broad SMARTS) is 1. The Morgan fingerprint density at radius 2 is 1.62 bits per heavy atom. The molecule has 0 rings (SSSR count). The summed E-state index contributed by atoms with van der Waals surface area (Å²) < 4.78 is 0. The van der Waals surface area contributed by atoms with Crippen LogP contribution in [0.1, 0.15) is 70.6 Å². The molecule has 5 N–H and O–H groups in total. The lowest BCUT2D eigenvalue weighted by atomic mass is 10.00. The van der Waals surface area contributed by atoms with E-state index < -0.39 is 11.0 Å². The maximum Gasteiger partial charge on any atom is 0.303 e. The topological polar surface area (TPSA) is 104 Å². The molecule has 0 fully saturated rings. The van der Waals surface area contributed by atoms with E-state index in [4.69, 9.17) is 27.5 Å². The van der Waals surface area contributed by atoms with Gasteiger partial charge in [-0.15, -0.1) is 0 Å². The van der Waals surface area contributed by atoms with Crippen molar-refractivity contribution in [2.75, 3.05) is 6.61 Å². The zero-order valence-corrected chi connectivity index (χ0v) is 13.5. The average molecular weight is 324 g/mol. The van der Waals surface area contributed by atoms with Gasteiger partial charge in [0.15, 0.2) is 0 Å². The Kier molecular flexibility index (Phi) is 12.0. The SMILES string of the molecule is NC(CCCCCCCCCC(=O)O)CC(O)(Cl)CCO. The smallest absolute Gasteiger partial charge is 0.303 e. The van der Waals surface area contributed by atoms with Crippen molar-refractivity contribution in [2.45, 2.75) is 81.7 Å².